The first-order valence-electron chi connectivity index (χ1n) is 9.19. The summed E-state index contributed by atoms with van der Waals surface area (Å²) in [5.41, 5.74) is 3.31. The van der Waals surface area contributed by atoms with Gasteiger partial charge in [-0.05, 0) is 48.7 Å². The van der Waals surface area contributed by atoms with Crippen molar-refractivity contribution in [1.82, 2.24) is 5.32 Å². The van der Waals surface area contributed by atoms with Crippen LogP contribution in [0.3, 0.4) is 0 Å². The fourth-order valence-corrected chi connectivity index (χ4v) is 4.25. The van der Waals surface area contributed by atoms with Crippen LogP contribution in [0.2, 0.25) is 0 Å². The number of hydrogen-bond donors (Lipinski definition) is 1. The van der Waals surface area contributed by atoms with Crippen molar-refractivity contribution in [1.29, 1.82) is 0 Å². The van der Waals surface area contributed by atoms with Gasteiger partial charge in [-0.25, -0.2) is 0 Å². The van der Waals surface area contributed by atoms with Crippen LogP contribution in [0.1, 0.15) is 11.1 Å². The lowest BCUT2D eigenvalue weighted by molar-refractivity contribution is -0.118. The van der Waals surface area contributed by atoms with Crippen LogP contribution in [0.15, 0.2) is 42.5 Å². The second-order valence-electron chi connectivity index (χ2n) is 7.13. The van der Waals surface area contributed by atoms with Crippen molar-refractivity contribution in [2.45, 2.75) is 24.7 Å². The molecule has 2 aliphatic rings. The summed E-state index contributed by atoms with van der Waals surface area (Å²) in [6.45, 7) is 3.28. The normalized spacial score (nSPS) is 21.1. The SMILES string of the molecule is Cc1ccc2c(c1)N(C)CC(COc1ccc(CC3SC(=O)NC3=O)cc1)O2. The van der Waals surface area contributed by atoms with Crippen molar-refractivity contribution in [2.75, 3.05) is 25.1 Å². The lowest BCUT2D eigenvalue weighted by atomic mass is 10.1. The van der Waals surface area contributed by atoms with Gasteiger partial charge in [0.1, 0.15) is 24.2 Å². The molecule has 7 heteroatoms. The monoisotopic (exact) mass is 398 g/mol. The number of carbonyl (C=O) groups is 2. The number of aryl methyl sites for hydroxylation is 1. The molecule has 1 saturated heterocycles. The summed E-state index contributed by atoms with van der Waals surface area (Å²) >= 11 is 1.05. The Balaban J connectivity index is 1.32. The lowest BCUT2D eigenvalue weighted by Gasteiger charge is -2.33. The lowest BCUT2D eigenvalue weighted by Crippen LogP contribution is -2.41. The van der Waals surface area contributed by atoms with Crippen molar-refractivity contribution in [3.05, 3.63) is 53.6 Å². The highest BCUT2D eigenvalue weighted by atomic mass is 32.2. The van der Waals surface area contributed by atoms with Crippen LogP contribution in [0.4, 0.5) is 10.5 Å². The molecule has 4 rings (SSSR count). The average Bonchev–Trinajstić information content (AvgIpc) is 2.99. The third kappa shape index (κ3) is 4.09. The van der Waals surface area contributed by atoms with Crippen molar-refractivity contribution >= 4 is 28.6 Å². The zero-order valence-electron chi connectivity index (χ0n) is 15.8. The highest BCUT2D eigenvalue weighted by Gasteiger charge is 2.31. The fraction of sp³-hybridized carbons (Fsp3) is 0.333. The van der Waals surface area contributed by atoms with Crippen LogP contribution < -0.4 is 19.7 Å². The van der Waals surface area contributed by atoms with Gasteiger partial charge in [0.15, 0.2) is 0 Å². The molecule has 0 bridgehead atoms. The Kier molecular flexibility index (Phi) is 5.17. The molecule has 2 aromatic carbocycles. The molecule has 2 unspecified atom stereocenters. The van der Waals surface area contributed by atoms with E-state index in [9.17, 15) is 9.59 Å². The zero-order chi connectivity index (χ0) is 19.7. The molecule has 2 aromatic rings. The van der Waals surface area contributed by atoms with Gasteiger partial charge in [-0.2, -0.15) is 0 Å². The number of nitrogens with one attached hydrogen (secondary N) is 1. The number of amides is 2. The molecule has 6 nitrogen and oxygen atoms in total. The molecule has 2 heterocycles. The number of benzene rings is 2. The summed E-state index contributed by atoms with van der Waals surface area (Å²) in [6.07, 6.45) is 0.472. The first kappa shape index (κ1) is 18.7. The molecule has 0 saturated carbocycles. The van der Waals surface area contributed by atoms with E-state index in [1.54, 1.807) is 0 Å². The van der Waals surface area contributed by atoms with Gasteiger partial charge >= 0.3 is 0 Å². The smallest absolute Gasteiger partial charge is 0.286 e. The topological polar surface area (TPSA) is 67.9 Å². The van der Waals surface area contributed by atoms with Gasteiger partial charge in [0.2, 0.25) is 5.91 Å². The molecule has 28 heavy (non-hydrogen) atoms. The minimum atomic E-state index is -0.353. The number of hydrogen-bond acceptors (Lipinski definition) is 6. The number of nitrogens with zero attached hydrogens (tertiary/aromatic N) is 1. The third-order valence-electron chi connectivity index (χ3n) is 4.84. The molecule has 0 spiro atoms. The maximum Gasteiger partial charge on any atom is 0.286 e. The fourth-order valence-electron chi connectivity index (χ4n) is 3.39. The van der Waals surface area contributed by atoms with E-state index in [0.717, 1.165) is 41.1 Å². The molecule has 2 aliphatic heterocycles. The van der Waals surface area contributed by atoms with E-state index in [1.807, 2.05) is 36.4 Å². The van der Waals surface area contributed by atoms with Crippen LogP contribution >= 0.6 is 11.8 Å². The van der Waals surface area contributed by atoms with Gasteiger partial charge in [-0.1, -0.05) is 30.0 Å². The average molecular weight is 398 g/mol. The Bertz CT molecular complexity index is 900. The highest BCUT2D eigenvalue weighted by Crippen LogP contribution is 2.33. The molecular weight excluding hydrogens is 376 g/mol. The van der Waals surface area contributed by atoms with E-state index in [-0.39, 0.29) is 22.5 Å². The Morgan fingerprint density at radius 2 is 2.00 bits per heavy atom. The predicted molar refractivity (Wildman–Crippen MR) is 109 cm³/mol. The van der Waals surface area contributed by atoms with Crippen molar-refractivity contribution < 1.29 is 19.1 Å². The molecule has 2 atom stereocenters. The van der Waals surface area contributed by atoms with Gasteiger partial charge in [-0.3, -0.25) is 14.9 Å². The molecule has 1 fully saturated rings. The van der Waals surface area contributed by atoms with Crippen LogP contribution in [0.25, 0.3) is 0 Å². The van der Waals surface area contributed by atoms with Crippen molar-refractivity contribution in [2.24, 2.45) is 0 Å². The predicted octanol–water partition coefficient (Wildman–Crippen LogP) is 3.17. The number of thioether (sulfide) groups is 1. The molecule has 146 valence electrons. The third-order valence-corrected chi connectivity index (χ3v) is 5.83. The first-order chi connectivity index (χ1) is 13.5. The van der Waals surface area contributed by atoms with Gasteiger partial charge in [0, 0.05) is 7.05 Å². The standard InChI is InChI=1S/C21H22N2O4S/c1-13-3-8-18-17(9-13)23(2)11-16(27-18)12-26-15-6-4-14(5-7-15)10-19-20(24)22-21(25)28-19/h3-9,16,19H,10-12H2,1-2H3,(H,22,24,25). The molecule has 0 aromatic heterocycles. The molecule has 0 aliphatic carbocycles. The molecule has 1 N–H and O–H groups in total. The second kappa shape index (κ2) is 7.75. The van der Waals surface area contributed by atoms with E-state index in [1.165, 1.54) is 5.56 Å². The zero-order valence-corrected chi connectivity index (χ0v) is 16.6. The number of likely N-dealkylation sites (N-methyl/N-ethyl adjacent to an activating group) is 1. The summed E-state index contributed by atoms with van der Waals surface area (Å²) in [5.74, 6) is 1.42. The number of carbonyl (C=O) groups excluding carboxylic acids is 2. The minimum absolute atomic E-state index is 0.0514. The van der Waals surface area contributed by atoms with Crippen LogP contribution in [-0.4, -0.2) is 42.7 Å². The van der Waals surface area contributed by atoms with E-state index in [4.69, 9.17) is 9.47 Å². The largest absolute Gasteiger partial charge is 0.490 e. The van der Waals surface area contributed by atoms with Crippen LogP contribution in [-0.2, 0) is 11.2 Å². The molecule has 0 radical (unpaired) electrons. The quantitative estimate of drug-likeness (QED) is 0.835. The van der Waals surface area contributed by atoms with E-state index < -0.39 is 0 Å². The maximum absolute atomic E-state index is 11.7. The van der Waals surface area contributed by atoms with E-state index in [2.05, 4.69) is 30.3 Å². The number of anilines is 1. The minimum Gasteiger partial charge on any atom is -0.490 e. The van der Waals surface area contributed by atoms with Gasteiger partial charge in [0.05, 0.1) is 17.5 Å². The Morgan fingerprint density at radius 1 is 1.21 bits per heavy atom. The summed E-state index contributed by atoms with van der Waals surface area (Å²) in [7, 11) is 2.06. The number of imide groups is 1. The number of rotatable bonds is 5. The van der Waals surface area contributed by atoms with Crippen molar-refractivity contribution in [3.8, 4) is 11.5 Å². The number of fused-ring (bicyclic) bond motifs is 1. The summed E-state index contributed by atoms with van der Waals surface area (Å²) in [6, 6.07) is 13.8. The van der Waals surface area contributed by atoms with Gasteiger partial charge in [0.25, 0.3) is 5.24 Å². The number of ether oxygens (including phenoxy) is 2. The van der Waals surface area contributed by atoms with Gasteiger partial charge < -0.3 is 14.4 Å². The van der Waals surface area contributed by atoms with Crippen LogP contribution in [0.5, 0.6) is 11.5 Å². The van der Waals surface area contributed by atoms with Gasteiger partial charge in [-0.15, -0.1) is 0 Å². The Morgan fingerprint density at radius 3 is 2.71 bits per heavy atom. The van der Waals surface area contributed by atoms with E-state index in [0.29, 0.717) is 13.0 Å². The molecule has 2 amide bonds. The summed E-state index contributed by atoms with van der Waals surface area (Å²) < 4.78 is 12.0. The Labute approximate surface area is 168 Å². The second-order valence-corrected chi connectivity index (χ2v) is 8.31. The maximum atomic E-state index is 11.7. The first-order valence-corrected chi connectivity index (χ1v) is 10.1. The highest BCUT2D eigenvalue weighted by molar-refractivity contribution is 8.15. The van der Waals surface area contributed by atoms with Crippen LogP contribution in [0, 0.1) is 6.92 Å². The summed E-state index contributed by atoms with van der Waals surface area (Å²) in [5, 5.41) is 1.68. The molecular formula is C21H22N2O4S. The van der Waals surface area contributed by atoms with E-state index >= 15 is 0 Å². The van der Waals surface area contributed by atoms with Crippen molar-refractivity contribution in [3.63, 3.8) is 0 Å². The Hall–Kier alpha value is -2.67. The summed E-state index contributed by atoms with van der Waals surface area (Å²) in [4.78, 5) is 25.1.